The van der Waals surface area contributed by atoms with Gasteiger partial charge in [0.1, 0.15) is 0 Å². The minimum absolute atomic E-state index is 0.419. The Kier molecular flexibility index (Phi) is 8.00. The van der Waals surface area contributed by atoms with Crippen LogP contribution in [-0.4, -0.2) is 44.5 Å². The number of alkyl carbamates (subject to hydrolysis) is 1. The van der Waals surface area contributed by atoms with Gasteiger partial charge in [-0.05, 0) is 44.5 Å². The van der Waals surface area contributed by atoms with E-state index in [0.717, 1.165) is 49.1 Å². The highest BCUT2D eigenvalue weighted by Crippen LogP contribution is 2.23. The van der Waals surface area contributed by atoms with Gasteiger partial charge in [0.25, 0.3) is 0 Å². The molecule has 0 bridgehead atoms. The number of carbonyl (C=O) groups excluding carboxylic acids is 2. The number of thiophene rings is 1. The Morgan fingerprint density at radius 3 is 2.90 bits per heavy atom. The maximum atomic E-state index is 11.1. The van der Waals surface area contributed by atoms with Crippen LogP contribution < -0.4 is 5.32 Å². The number of aldehydes is 1. The predicted molar refractivity (Wildman–Crippen MR) is 85.1 cm³/mol. The molecule has 1 aromatic heterocycles. The molecule has 118 valence electrons. The first kappa shape index (κ1) is 17.7. The number of hydrogen-bond donors (Lipinski definition) is 1. The van der Waals surface area contributed by atoms with Crippen molar-refractivity contribution in [1.82, 2.24) is 10.2 Å². The third kappa shape index (κ3) is 6.27. The van der Waals surface area contributed by atoms with Crippen LogP contribution in [0, 0.1) is 0 Å². The van der Waals surface area contributed by atoms with Gasteiger partial charge >= 0.3 is 6.09 Å². The number of amides is 1. The Hall–Kier alpha value is -1.40. The molecule has 0 aromatic carbocycles. The molecular formula is C15H24N2O3S. The molecule has 1 rings (SSSR count). The fourth-order valence-corrected chi connectivity index (χ4v) is 3.25. The molecule has 5 nitrogen and oxygen atoms in total. The third-order valence-corrected chi connectivity index (χ3v) is 4.20. The minimum Gasteiger partial charge on any atom is -0.453 e. The normalized spacial score (nSPS) is 10.7. The van der Waals surface area contributed by atoms with E-state index < -0.39 is 6.09 Å². The van der Waals surface area contributed by atoms with E-state index in [1.54, 1.807) is 11.3 Å². The molecule has 0 radical (unpaired) electrons. The second-order valence-corrected chi connectivity index (χ2v) is 6.15. The van der Waals surface area contributed by atoms with Crippen molar-refractivity contribution in [2.24, 2.45) is 0 Å². The Labute approximate surface area is 130 Å². The molecular weight excluding hydrogens is 288 g/mol. The lowest BCUT2D eigenvalue weighted by Gasteiger charge is -2.13. The fourth-order valence-electron chi connectivity index (χ4n) is 2.14. The van der Waals surface area contributed by atoms with Gasteiger partial charge in [-0.3, -0.25) is 4.79 Å². The van der Waals surface area contributed by atoms with Crippen molar-refractivity contribution in [3.05, 3.63) is 21.4 Å². The number of methoxy groups -OCH3 is 1. The Bertz CT molecular complexity index is 460. The molecule has 0 fully saturated rings. The summed E-state index contributed by atoms with van der Waals surface area (Å²) in [5, 5.41) is 2.64. The van der Waals surface area contributed by atoms with Gasteiger partial charge in [0.2, 0.25) is 0 Å². The molecule has 1 heterocycles. The summed E-state index contributed by atoms with van der Waals surface area (Å²) in [5.41, 5.74) is 1.07. The topological polar surface area (TPSA) is 58.6 Å². The molecule has 0 aliphatic rings. The van der Waals surface area contributed by atoms with Gasteiger partial charge in [-0.2, -0.15) is 0 Å². The predicted octanol–water partition coefficient (Wildman–Crippen LogP) is 2.69. The summed E-state index contributed by atoms with van der Waals surface area (Å²) in [6.07, 6.45) is 3.20. The van der Waals surface area contributed by atoms with Crippen molar-refractivity contribution in [2.75, 3.05) is 27.2 Å². The number of rotatable bonds is 9. The summed E-state index contributed by atoms with van der Waals surface area (Å²) < 4.78 is 4.51. The van der Waals surface area contributed by atoms with Crippen molar-refractivity contribution in [3.63, 3.8) is 0 Å². The van der Waals surface area contributed by atoms with E-state index in [1.807, 2.05) is 0 Å². The summed E-state index contributed by atoms with van der Waals surface area (Å²) in [7, 11) is 3.43. The molecule has 0 atom stereocenters. The number of aryl methyl sites for hydroxylation is 1. The van der Waals surface area contributed by atoms with Crippen molar-refractivity contribution < 1.29 is 14.3 Å². The first-order valence-electron chi connectivity index (χ1n) is 7.17. The highest BCUT2D eigenvalue weighted by Gasteiger charge is 2.10. The number of nitrogens with zero attached hydrogens (tertiary/aromatic N) is 1. The van der Waals surface area contributed by atoms with Gasteiger partial charge in [0.15, 0.2) is 6.29 Å². The minimum atomic E-state index is -0.419. The zero-order valence-corrected chi connectivity index (χ0v) is 13.8. The lowest BCUT2D eigenvalue weighted by molar-refractivity contribution is 0.112. The highest BCUT2D eigenvalue weighted by molar-refractivity contribution is 7.13. The molecule has 0 spiro atoms. The number of ether oxygens (including phenoxy) is 1. The molecule has 6 heteroatoms. The summed E-state index contributed by atoms with van der Waals surface area (Å²) in [5.74, 6) is 0. The average molecular weight is 312 g/mol. The van der Waals surface area contributed by atoms with Crippen LogP contribution in [0.2, 0.25) is 0 Å². The van der Waals surface area contributed by atoms with Crippen LogP contribution in [0.25, 0.3) is 0 Å². The molecule has 1 N–H and O–H groups in total. The van der Waals surface area contributed by atoms with Gasteiger partial charge in [-0.25, -0.2) is 4.79 Å². The maximum absolute atomic E-state index is 11.1. The van der Waals surface area contributed by atoms with Crippen LogP contribution in [0.4, 0.5) is 4.79 Å². The zero-order valence-electron chi connectivity index (χ0n) is 13.0. The van der Waals surface area contributed by atoms with Crippen LogP contribution in [-0.2, 0) is 17.7 Å². The zero-order chi connectivity index (χ0) is 15.7. The SMILES string of the molecule is CCCN(C)Cc1cc(CCCNC(=O)OC)c(C=O)s1. The van der Waals surface area contributed by atoms with Crippen LogP contribution in [0.15, 0.2) is 6.07 Å². The molecule has 1 aromatic rings. The molecule has 0 aliphatic carbocycles. The lowest BCUT2D eigenvalue weighted by atomic mass is 10.1. The second-order valence-electron chi connectivity index (χ2n) is 4.98. The first-order chi connectivity index (χ1) is 10.1. The molecule has 0 unspecified atom stereocenters. The number of nitrogens with one attached hydrogen (secondary N) is 1. The Balaban J connectivity index is 2.51. The molecule has 0 aliphatic heterocycles. The molecule has 0 saturated carbocycles. The molecule has 21 heavy (non-hydrogen) atoms. The first-order valence-corrected chi connectivity index (χ1v) is 7.99. The van der Waals surface area contributed by atoms with Gasteiger partial charge in [-0.1, -0.05) is 6.92 Å². The van der Waals surface area contributed by atoms with Crippen molar-refractivity contribution >= 4 is 23.7 Å². The van der Waals surface area contributed by atoms with E-state index in [0.29, 0.717) is 6.54 Å². The van der Waals surface area contributed by atoms with Crippen molar-refractivity contribution in [1.29, 1.82) is 0 Å². The molecule has 1 amide bonds. The number of carbonyl (C=O) groups is 2. The third-order valence-electron chi connectivity index (χ3n) is 3.11. The summed E-state index contributed by atoms with van der Waals surface area (Å²) >= 11 is 1.56. The quantitative estimate of drug-likeness (QED) is 0.562. The largest absolute Gasteiger partial charge is 0.453 e. The van der Waals surface area contributed by atoms with E-state index in [-0.39, 0.29) is 0 Å². The number of hydrogen-bond acceptors (Lipinski definition) is 5. The lowest BCUT2D eigenvalue weighted by Crippen LogP contribution is -2.24. The van der Waals surface area contributed by atoms with Crippen LogP contribution in [0.3, 0.4) is 0 Å². The smallest absolute Gasteiger partial charge is 0.406 e. The van der Waals surface area contributed by atoms with E-state index in [1.165, 1.54) is 12.0 Å². The average Bonchev–Trinajstić information content (AvgIpc) is 2.85. The van der Waals surface area contributed by atoms with Gasteiger partial charge in [0, 0.05) is 18.0 Å². The maximum Gasteiger partial charge on any atom is 0.406 e. The summed E-state index contributed by atoms with van der Waals surface area (Å²) in [6, 6.07) is 2.11. The second kappa shape index (κ2) is 9.52. The van der Waals surface area contributed by atoms with Crippen LogP contribution in [0.5, 0.6) is 0 Å². The molecule has 0 saturated heterocycles. The highest BCUT2D eigenvalue weighted by atomic mass is 32.1. The fraction of sp³-hybridized carbons (Fsp3) is 0.600. The van der Waals surface area contributed by atoms with E-state index >= 15 is 0 Å². The summed E-state index contributed by atoms with van der Waals surface area (Å²) in [4.78, 5) is 26.4. The van der Waals surface area contributed by atoms with Crippen molar-refractivity contribution in [3.8, 4) is 0 Å². The Morgan fingerprint density at radius 1 is 1.52 bits per heavy atom. The van der Waals surface area contributed by atoms with E-state index in [4.69, 9.17) is 0 Å². The van der Waals surface area contributed by atoms with Gasteiger partial charge in [-0.15, -0.1) is 11.3 Å². The van der Waals surface area contributed by atoms with Gasteiger partial charge < -0.3 is 15.0 Å². The monoisotopic (exact) mass is 312 g/mol. The summed E-state index contributed by atoms with van der Waals surface area (Å²) in [6.45, 7) is 4.62. The van der Waals surface area contributed by atoms with E-state index in [9.17, 15) is 9.59 Å². The van der Waals surface area contributed by atoms with Crippen LogP contribution >= 0.6 is 11.3 Å². The van der Waals surface area contributed by atoms with Crippen molar-refractivity contribution in [2.45, 2.75) is 32.7 Å². The van der Waals surface area contributed by atoms with Crippen LogP contribution in [0.1, 0.15) is 39.9 Å². The Morgan fingerprint density at radius 2 is 2.29 bits per heavy atom. The van der Waals surface area contributed by atoms with E-state index in [2.05, 4.69) is 35.0 Å². The standard InChI is InChI=1S/C15H24N2O3S/c1-4-8-17(2)10-13-9-12(14(11-18)21-13)6-5-7-16-15(19)20-3/h9,11H,4-8,10H2,1-3H3,(H,16,19). The van der Waals surface area contributed by atoms with Gasteiger partial charge in [0.05, 0.1) is 12.0 Å².